The number of carbonyl (C=O) groups excluding carboxylic acids is 1. The van der Waals surface area contributed by atoms with Gasteiger partial charge in [0.15, 0.2) is 0 Å². The Kier molecular flexibility index (Phi) is 4.54. The standard InChI is InChI=1S/C16H22O2/c1-3-18-16-10-14(11-16)9-15(17)8-13-6-4-12(2)5-7-13/h4-7,14,16H,3,8-11H2,1-2H3. The van der Waals surface area contributed by atoms with Crippen molar-refractivity contribution < 1.29 is 9.53 Å². The van der Waals surface area contributed by atoms with Crippen LogP contribution in [0.15, 0.2) is 24.3 Å². The summed E-state index contributed by atoms with van der Waals surface area (Å²) in [5.74, 6) is 0.915. The van der Waals surface area contributed by atoms with Crippen molar-refractivity contribution in [3.8, 4) is 0 Å². The molecule has 0 amide bonds. The van der Waals surface area contributed by atoms with Crippen LogP contribution in [0.25, 0.3) is 0 Å². The second-order valence-electron chi connectivity index (χ2n) is 5.32. The number of Topliss-reactive ketones (excluding diaryl/α,β-unsaturated/α-hetero) is 1. The lowest BCUT2D eigenvalue weighted by molar-refractivity contribution is -0.121. The maximum absolute atomic E-state index is 11.9. The molecule has 1 aromatic carbocycles. The van der Waals surface area contributed by atoms with Gasteiger partial charge < -0.3 is 4.74 Å². The second kappa shape index (κ2) is 6.14. The van der Waals surface area contributed by atoms with Crippen molar-refractivity contribution >= 4 is 5.78 Å². The van der Waals surface area contributed by atoms with Crippen LogP contribution in [-0.4, -0.2) is 18.5 Å². The lowest BCUT2D eigenvalue weighted by atomic mass is 9.78. The maximum Gasteiger partial charge on any atom is 0.137 e. The Hall–Kier alpha value is -1.15. The molecule has 1 aliphatic rings. The van der Waals surface area contributed by atoms with Gasteiger partial charge in [0.2, 0.25) is 0 Å². The molecule has 0 saturated heterocycles. The molecule has 2 heteroatoms. The van der Waals surface area contributed by atoms with E-state index in [2.05, 4.69) is 31.2 Å². The Morgan fingerprint density at radius 3 is 2.56 bits per heavy atom. The number of aryl methyl sites for hydroxylation is 1. The number of benzene rings is 1. The molecule has 1 saturated carbocycles. The minimum Gasteiger partial charge on any atom is -0.378 e. The zero-order valence-corrected chi connectivity index (χ0v) is 11.3. The number of ether oxygens (including phenoxy) is 1. The Morgan fingerprint density at radius 1 is 1.28 bits per heavy atom. The molecule has 1 fully saturated rings. The van der Waals surface area contributed by atoms with Gasteiger partial charge in [0.1, 0.15) is 5.78 Å². The summed E-state index contributed by atoms with van der Waals surface area (Å²) in [4.78, 5) is 11.9. The number of hydrogen-bond acceptors (Lipinski definition) is 2. The highest BCUT2D eigenvalue weighted by molar-refractivity contribution is 5.81. The molecule has 0 aliphatic heterocycles. The first-order valence-corrected chi connectivity index (χ1v) is 6.86. The summed E-state index contributed by atoms with van der Waals surface area (Å²) in [5.41, 5.74) is 2.37. The van der Waals surface area contributed by atoms with Crippen LogP contribution < -0.4 is 0 Å². The fourth-order valence-electron chi connectivity index (χ4n) is 2.54. The number of carbonyl (C=O) groups is 1. The molecule has 0 N–H and O–H groups in total. The number of ketones is 1. The lowest BCUT2D eigenvalue weighted by Crippen LogP contribution is -2.33. The molecular weight excluding hydrogens is 224 g/mol. The van der Waals surface area contributed by atoms with Crippen molar-refractivity contribution in [3.05, 3.63) is 35.4 Å². The van der Waals surface area contributed by atoms with Crippen LogP contribution in [0.4, 0.5) is 0 Å². The fourth-order valence-corrected chi connectivity index (χ4v) is 2.54. The third kappa shape index (κ3) is 3.67. The minimum atomic E-state index is 0.360. The Labute approximate surface area is 109 Å². The van der Waals surface area contributed by atoms with Gasteiger partial charge in [-0.3, -0.25) is 4.79 Å². The Morgan fingerprint density at radius 2 is 1.94 bits per heavy atom. The lowest BCUT2D eigenvalue weighted by Gasteiger charge is -2.34. The van der Waals surface area contributed by atoms with E-state index in [-0.39, 0.29) is 0 Å². The van der Waals surface area contributed by atoms with Crippen LogP contribution in [0, 0.1) is 12.8 Å². The largest absolute Gasteiger partial charge is 0.378 e. The molecule has 2 nitrogen and oxygen atoms in total. The first-order chi connectivity index (χ1) is 8.67. The van der Waals surface area contributed by atoms with Crippen molar-refractivity contribution in [2.24, 2.45) is 5.92 Å². The molecule has 0 spiro atoms. The van der Waals surface area contributed by atoms with Crippen LogP contribution in [0.3, 0.4) is 0 Å². The van der Waals surface area contributed by atoms with Gasteiger partial charge in [0.25, 0.3) is 0 Å². The van der Waals surface area contributed by atoms with Crippen molar-refractivity contribution in [3.63, 3.8) is 0 Å². The third-order valence-corrected chi connectivity index (χ3v) is 3.63. The number of hydrogen-bond donors (Lipinski definition) is 0. The van der Waals surface area contributed by atoms with Gasteiger partial charge in [0, 0.05) is 19.4 Å². The van der Waals surface area contributed by atoms with Crippen LogP contribution in [0.5, 0.6) is 0 Å². The fraction of sp³-hybridized carbons (Fsp3) is 0.562. The highest BCUT2D eigenvalue weighted by Gasteiger charge is 2.30. The quantitative estimate of drug-likeness (QED) is 0.769. The molecule has 1 aliphatic carbocycles. The van der Waals surface area contributed by atoms with E-state index < -0.39 is 0 Å². The van der Waals surface area contributed by atoms with E-state index in [9.17, 15) is 4.79 Å². The van der Waals surface area contributed by atoms with Crippen molar-refractivity contribution in [1.82, 2.24) is 0 Å². The smallest absolute Gasteiger partial charge is 0.137 e. The molecule has 0 unspecified atom stereocenters. The normalized spacial score (nSPS) is 22.6. The minimum absolute atomic E-state index is 0.360. The summed E-state index contributed by atoms with van der Waals surface area (Å²) < 4.78 is 5.51. The first kappa shape index (κ1) is 13.3. The monoisotopic (exact) mass is 246 g/mol. The van der Waals surface area contributed by atoms with Crippen LogP contribution >= 0.6 is 0 Å². The van der Waals surface area contributed by atoms with E-state index in [1.54, 1.807) is 0 Å². The van der Waals surface area contributed by atoms with Gasteiger partial charge in [-0.2, -0.15) is 0 Å². The van der Waals surface area contributed by atoms with Gasteiger partial charge in [-0.1, -0.05) is 29.8 Å². The van der Waals surface area contributed by atoms with Gasteiger partial charge >= 0.3 is 0 Å². The summed E-state index contributed by atoms with van der Waals surface area (Å²) in [6.07, 6.45) is 3.83. The van der Waals surface area contributed by atoms with Crippen LogP contribution in [-0.2, 0) is 16.0 Å². The summed E-state index contributed by atoms with van der Waals surface area (Å²) in [5, 5.41) is 0. The molecule has 0 heterocycles. The molecule has 18 heavy (non-hydrogen) atoms. The topological polar surface area (TPSA) is 26.3 Å². The van der Waals surface area contributed by atoms with E-state index in [1.807, 2.05) is 6.92 Å². The molecule has 1 aromatic rings. The van der Waals surface area contributed by atoms with E-state index in [0.29, 0.717) is 24.2 Å². The summed E-state index contributed by atoms with van der Waals surface area (Å²) in [6.45, 7) is 4.87. The average Bonchev–Trinajstić information content (AvgIpc) is 2.29. The summed E-state index contributed by atoms with van der Waals surface area (Å²) in [6, 6.07) is 8.24. The van der Waals surface area contributed by atoms with E-state index in [4.69, 9.17) is 4.74 Å². The average molecular weight is 246 g/mol. The van der Waals surface area contributed by atoms with E-state index in [1.165, 1.54) is 5.56 Å². The highest BCUT2D eigenvalue weighted by Crippen LogP contribution is 2.33. The SMILES string of the molecule is CCOC1CC(CC(=O)Cc2ccc(C)cc2)C1. The Balaban J connectivity index is 1.72. The Bertz CT molecular complexity index is 388. The predicted octanol–water partition coefficient (Wildman–Crippen LogP) is 3.31. The van der Waals surface area contributed by atoms with Crippen molar-refractivity contribution in [1.29, 1.82) is 0 Å². The van der Waals surface area contributed by atoms with Crippen molar-refractivity contribution in [2.45, 2.75) is 45.6 Å². The molecule has 98 valence electrons. The van der Waals surface area contributed by atoms with Gasteiger partial charge in [-0.25, -0.2) is 0 Å². The molecule has 0 aromatic heterocycles. The predicted molar refractivity (Wildman–Crippen MR) is 72.6 cm³/mol. The maximum atomic E-state index is 11.9. The molecular formula is C16H22O2. The summed E-state index contributed by atoms with van der Waals surface area (Å²) >= 11 is 0. The summed E-state index contributed by atoms with van der Waals surface area (Å²) in [7, 11) is 0. The third-order valence-electron chi connectivity index (χ3n) is 3.63. The van der Waals surface area contributed by atoms with Gasteiger partial charge in [-0.15, -0.1) is 0 Å². The zero-order valence-electron chi connectivity index (χ0n) is 11.3. The molecule has 0 radical (unpaired) electrons. The van der Waals surface area contributed by atoms with Crippen LogP contribution in [0.2, 0.25) is 0 Å². The van der Waals surface area contributed by atoms with Crippen LogP contribution in [0.1, 0.15) is 37.3 Å². The van der Waals surface area contributed by atoms with Gasteiger partial charge in [0.05, 0.1) is 6.10 Å². The molecule has 0 atom stereocenters. The number of rotatable bonds is 6. The second-order valence-corrected chi connectivity index (χ2v) is 5.32. The highest BCUT2D eigenvalue weighted by atomic mass is 16.5. The first-order valence-electron chi connectivity index (χ1n) is 6.86. The van der Waals surface area contributed by atoms with Gasteiger partial charge in [-0.05, 0) is 38.2 Å². The van der Waals surface area contributed by atoms with E-state index >= 15 is 0 Å². The zero-order chi connectivity index (χ0) is 13.0. The molecule has 2 rings (SSSR count). The van der Waals surface area contributed by atoms with E-state index in [0.717, 1.165) is 31.4 Å². The molecule has 0 bridgehead atoms. The van der Waals surface area contributed by atoms with Crippen molar-refractivity contribution in [2.75, 3.05) is 6.61 Å².